The van der Waals surface area contributed by atoms with Gasteiger partial charge in [-0.2, -0.15) is 0 Å². The van der Waals surface area contributed by atoms with Crippen LogP contribution in [0.3, 0.4) is 0 Å². The number of rotatable bonds is 11. The minimum atomic E-state index is -0.407. The summed E-state index contributed by atoms with van der Waals surface area (Å²) in [5.74, 6) is 0.121. The van der Waals surface area contributed by atoms with Crippen LogP contribution in [0.4, 0.5) is 0 Å². The molecule has 32 heavy (non-hydrogen) atoms. The van der Waals surface area contributed by atoms with Gasteiger partial charge in [0.1, 0.15) is 5.75 Å². The van der Waals surface area contributed by atoms with Gasteiger partial charge in [0.2, 0.25) is 0 Å². The van der Waals surface area contributed by atoms with Crippen molar-refractivity contribution >= 4 is 5.97 Å². The molecule has 0 saturated heterocycles. The van der Waals surface area contributed by atoms with Crippen LogP contribution in [0.15, 0.2) is 84.9 Å². The Morgan fingerprint density at radius 3 is 2.12 bits per heavy atom. The Morgan fingerprint density at radius 2 is 1.44 bits per heavy atom. The fraction of sp³-hybridized carbons (Fsp3) is 0.300. The summed E-state index contributed by atoms with van der Waals surface area (Å²) in [5.41, 5.74) is 6.19. The van der Waals surface area contributed by atoms with E-state index in [-0.39, 0.29) is 0 Å². The van der Waals surface area contributed by atoms with Crippen LogP contribution < -0.4 is 4.74 Å². The van der Waals surface area contributed by atoms with Gasteiger partial charge in [-0.25, -0.2) is 4.79 Å². The van der Waals surface area contributed by atoms with E-state index in [1.165, 1.54) is 44.1 Å². The molecule has 0 aliphatic carbocycles. The van der Waals surface area contributed by atoms with Gasteiger partial charge in [0.25, 0.3) is 0 Å². The van der Waals surface area contributed by atoms with Crippen molar-refractivity contribution in [1.29, 1.82) is 0 Å². The summed E-state index contributed by atoms with van der Waals surface area (Å²) in [4.78, 5) is 12.0. The van der Waals surface area contributed by atoms with Crippen molar-refractivity contribution in [3.63, 3.8) is 0 Å². The molecule has 0 spiro atoms. The van der Waals surface area contributed by atoms with Crippen LogP contribution in [0.2, 0.25) is 0 Å². The first kappa shape index (κ1) is 23.5. The first-order valence-electron chi connectivity index (χ1n) is 11.7. The van der Waals surface area contributed by atoms with E-state index in [9.17, 15) is 4.79 Å². The van der Waals surface area contributed by atoms with Crippen LogP contribution >= 0.6 is 0 Å². The highest BCUT2D eigenvalue weighted by molar-refractivity contribution is 5.90. The zero-order valence-corrected chi connectivity index (χ0v) is 19.4. The van der Waals surface area contributed by atoms with Crippen LogP contribution in [0.5, 0.6) is 5.75 Å². The van der Waals surface area contributed by atoms with Gasteiger partial charge in [0, 0.05) is 5.57 Å². The third kappa shape index (κ3) is 6.68. The van der Waals surface area contributed by atoms with Crippen molar-refractivity contribution in [3.05, 3.63) is 90.5 Å². The van der Waals surface area contributed by atoms with Gasteiger partial charge in [-0.15, -0.1) is 0 Å². The smallest absolute Gasteiger partial charge is 0.338 e. The minimum absolute atomic E-state index is 0.385. The molecule has 2 heteroatoms. The maximum absolute atomic E-state index is 12.0. The standard InChI is InChI=1S/C30H34O2/c1-4-5-6-7-8-10-13-24-16-18-26(19-17-24)28-21-20-27(32-30(31)23(2)3)22-29(28)25-14-11-9-12-15-25/h9,11-12,14-22H,2,4-8,10,13H2,1,3H3. The van der Waals surface area contributed by atoms with Gasteiger partial charge in [0.15, 0.2) is 0 Å². The normalized spacial score (nSPS) is 10.7. The van der Waals surface area contributed by atoms with Crippen molar-refractivity contribution in [3.8, 4) is 28.0 Å². The molecule has 0 amide bonds. The Morgan fingerprint density at radius 1 is 0.781 bits per heavy atom. The number of carbonyl (C=O) groups is 1. The van der Waals surface area contributed by atoms with E-state index >= 15 is 0 Å². The number of unbranched alkanes of at least 4 members (excludes halogenated alkanes) is 5. The summed E-state index contributed by atoms with van der Waals surface area (Å²) in [6, 6.07) is 24.9. The molecule has 3 aromatic carbocycles. The fourth-order valence-electron chi connectivity index (χ4n) is 3.85. The zero-order chi connectivity index (χ0) is 22.8. The van der Waals surface area contributed by atoms with Crippen LogP contribution in [-0.4, -0.2) is 5.97 Å². The van der Waals surface area contributed by atoms with Gasteiger partial charge in [-0.3, -0.25) is 0 Å². The molecule has 2 nitrogen and oxygen atoms in total. The van der Waals surface area contributed by atoms with Gasteiger partial charge < -0.3 is 4.74 Å². The summed E-state index contributed by atoms with van der Waals surface area (Å²) in [7, 11) is 0. The fourth-order valence-corrected chi connectivity index (χ4v) is 3.85. The Balaban J connectivity index is 1.79. The van der Waals surface area contributed by atoms with Gasteiger partial charge in [0.05, 0.1) is 0 Å². The molecule has 0 aromatic heterocycles. The van der Waals surface area contributed by atoms with Crippen molar-refractivity contribution in [1.82, 2.24) is 0 Å². The molecule has 0 saturated carbocycles. The molecule has 0 unspecified atom stereocenters. The molecular weight excluding hydrogens is 392 g/mol. The van der Waals surface area contributed by atoms with Crippen LogP contribution in [0.1, 0.15) is 57.9 Å². The molecule has 0 aliphatic heterocycles. The zero-order valence-electron chi connectivity index (χ0n) is 19.4. The summed E-state index contributed by atoms with van der Waals surface area (Å²) in [6.07, 6.45) is 9.04. The SMILES string of the molecule is C=C(C)C(=O)Oc1ccc(-c2ccc(CCCCCCCC)cc2)c(-c2ccccc2)c1. The van der Waals surface area contributed by atoms with Crippen LogP contribution in [-0.2, 0) is 11.2 Å². The second-order valence-electron chi connectivity index (χ2n) is 8.46. The monoisotopic (exact) mass is 426 g/mol. The van der Waals surface area contributed by atoms with E-state index < -0.39 is 5.97 Å². The van der Waals surface area contributed by atoms with E-state index in [2.05, 4.69) is 49.9 Å². The molecule has 3 aromatic rings. The maximum atomic E-state index is 12.0. The highest BCUT2D eigenvalue weighted by Crippen LogP contribution is 2.35. The highest BCUT2D eigenvalue weighted by atomic mass is 16.5. The molecule has 0 N–H and O–H groups in total. The number of ether oxygens (including phenoxy) is 1. The molecule has 0 atom stereocenters. The lowest BCUT2D eigenvalue weighted by molar-refractivity contribution is -0.130. The van der Waals surface area contributed by atoms with E-state index in [1.807, 2.05) is 36.4 Å². The quantitative estimate of drug-likeness (QED) is 0.133. The first-order valence-corrected chi connectivity index (χ1v) is 11.7. The predicted octanol–water partition coefficient (Wildman–Crippen LogP) is 8.41. The number of carbonyl (C=O) groups excluding carboxylic acids is 1. The third-order valence-electron chi connectivity index (χ3n) is 5.72. The van der Waals surface area contributed by atoms with Crippen molar-refractivity contribution in [2.75, 3.05) is 0 Å². The first-order chi connectivity index (χ1) is 15.6. The lowest BCUT2D eigenvalue weighted by Crippen LogP contribution is -2.08. The summed E-state index contributed by atoms with van der Waals surface area (Å²) in [5, 5.41) is 0. The summed E-state index contributed by atoms with van der Waals surface area (Å²) < 4.78 is 5.49. The molecule has 0 aliphatic rings. The molecular formula is C30H34O2. The molecule has 0 heterocycles. The Hall–Kier alpha value is -3.13. The molecule has 166 valence electrons. The number of hydrogen-bond acceptors (Lipinski definition) is 2. The summed E-state index contributed by atoms with van der Waals surface area (Å²) in [6.45, 7) is 7.58. The second kappa shape index (κ2) is 12.0. The van der Waals surface area contributed by atoms with E-state index in [1.54, 1.807) is 6.92 Å². The topological polar surface area (TPSA) is 26.3 Å². The molecule has 0 bridgehead atoms. The molecule has 0 fully saturated rings. The predicted molar refractivity (Wildman–Crippen MR) is 135 cm³/mol. The Labute approximate surface area is 193 Å². The lowest BCUT2D eigenvalue weighted by Gasteiger charge is -2.13. The number of esters is 1. The van der Waals surface area contributed by atoms with Gasteiger partial charge in [-0.1, -0.05) is 106 Å². The average Bonchev–Trinajstić information content (AvgIpc) is 2.82. The van der Waals surface area contributed by atoms with Gasteiger partial charge in [-0.05, 0) is 59.7 Å². The maximum Gasteiger partial charge on any atom is 0.338 e. The summed E-state index contributed by atoms with van der Waals surface area (Å²) >= 11 is 0. The van der Waals surface area contributed by atoms with E-state index in [0.29, 0.717) is 11.3 Å². The van der Waals surface area contributed by atoms with Crippen molar-refractivity contribution < 1.29 is 9.53 Å². The van der Waals surface area contributed by atoms with Crippen LogP contribution in [0, 0.1) is 0 Å². The minimum Gasteiger partial charge on any atom is -0.423 e. The van der Waals surface area contributed by atoms with E-state index in [4.69, 9.17) is 4.74 Å². The lowest BCUT2D eigenvalue weighted by atomic mass is 9.93. The highest BCUT2D eigenvalue weighted by Gasteiger charge is 2.12. The molecule has 0 radical (unpaired) electrons. The number of hydrogen-bond donors (Lipinski definition) is 0. The van der Waals surface area contributed by atoms with Crippen LogP contribution in [0.25, 0.3) is 22.3 Å². The van der Waals surface area contributed by atoms with Crippen molar-refractivity contribution in [2.24, 2.45) is 0 Å². The Kier molecular flexibility index (Phi) is 8.86. The van der Waals surface area contributed by atoms with E-state index in [0.717, 1.165) is 28.7 Å². The molecule has 3 rings (SSSR count). The number of benzene rings is 3. The largest absolute Gasteiger partial charge is 0.423 e. The third-order valence-corrected chi connectivity index (χ3v) is 5.72. The average molecular weight is 427 g/mol. The Bertz CT molecular complexity index is 1020. The van der Waals surface area contributed by atoms with Crippen molar-refractivity contribution in [2.45, 2.75) is 58.8 Å². The van der Waals surface area contributed by atoms with Gasteiger partial charge >= 0.3 is 5.97 Å². The number of aryl methyl sites for hydroxylation is 1. The second-order valence-corrected chi connectivity index (χ2v) is 8.46.